The van der Waals surface area contributed by atoms with Crippen molar-refractivity contribution in [2.75, 3.05) is 13.2 Å². The third-order valence-electron chi connectivity index (χ3n) is 17.3. The van der Waals surface area contributed by atoms with Crippen LogP contribution < -0.4 is 5.32 Å². The van der Waals surface area contributed by atoms with Crippen molar-refractivity contribution in [3.63, 3.8) is 0 Å². The molecule has 6 heteroatoms. The van der Waals surface area contributed by atoms with Crippen LogP contribution in [0.4, 0.5) is 0 Å². The van der Waals surface area contributed by atoms with Crippen molar-refractivity contribution in [2.45, 2.75) is 424 Å². The number of hydrogen-bond donors (Lipinski definition) is 3. The molecule has 0 aromatic carbocycles. The van der Waals surface area contributed by atoms with E-state index in [2.05, 4.69) is 43.5 Å². The van der Waals surface area contributed by atoms with Gasteiger partial charge in [0.25, 0.3) is 0 Å². The summed E-state index contributed by atoms with van der Waals surface area (Å²) in [5, 5.41) is 23.2. The molecule has 2 unspecified atom stereocenters. The van der Waals surface area contributed by atoms with E-state index < -0.39 is 12.1 Å². The second-order valence-corrected chi connectivity index (χ2v) is 25.3. The molecule has 0 spiro atoms. The second-order valence-electron chi connectivity index (χ2n) is 25.3. The van der Waals surface area contributed by atoms with Crippen LogP contribution in [0.2, 0.25) is 0 Å². The molecule has 0 aromatic rings. The summed E-state index contributed by atoms with van der Waals surface area (Å²) in [6.07, 6.45) is 88.3. The molecule has 2 atom stereocenters. The zero-order valence-electron chi connectivity index (χ0n) is 54.3. The zero-order chi connectivity index (χ0) is 57.8. The first-order valence-electron chi connectivity index (χ1n) is 36.6. The highest BCUT2D eigenvalue weighted by atomic mass is 16.5. The Kier molecular flexibility index (Phi) is 68.4. The molecule has 0 aliphatic heterocycles. The van der Waals surface area contributed by atoms with Crippen molar-refractivity contribution in [1.82, 2.24) is 5.32 Å². The number of rotatable bonds is 69. The predicted octanol–water partition coefficient (Wildman–Crippen LogP) is 23.7. The number of esters is 1. The molecule has 6 nitrogen and oxygen atoms in total. The molecule has 3 N–H and O–H groups in total. The van der Waals surface area contributed by atoms with Crippen LogP contribution in [0.1, 0.15) is 412 Å². The number of amides is 1. The molecule has 0 saturated carbocycles. The van der Waals surface area contributed by atoms with Gasteiger partial charge in [-0.15, -0.1) is 0 Å². The fourth-order valence-electron chi connectivity index (χ4n) is 11.7. The minimum absolute atomic E-state index is 0.0229. The smallest absolute Gasteiger partial charge is 0.305 e. The van der Waals surface area contributed by atoms with Gasteiger partial charge in [0.05, 0.1) is 25.4 Å². The number of aliphatic hydroxyl groups is 2. The van der Waals surface area contributed by atoms with Gasteiger partial charge in [-0.25, -0.2) is 0 Å². The number of hydrogen-bond acceptors (Lipinski definition) is 5. The Labute approximate surface area is 501 Å². The standard InChI is InChI=1S/C74H143NO5/c1-3-5-7-9-11-13-15-16-17-42-45-48-52-56-60-64-68-74(79)80-69-65-61-57-53-49-46-43-40-38-36-34-32-30-28-26-24-22-20-18-19-21-23-25-27-29-31-33-35-37-39-41-44-47-51-55-59-63-67-73(78)75-71(70-76)72(77)66-62-58-54-50-14-12-10-8-6-4-2/h18,20,24,26,71-72,76-77H,3-17,19,21-23,25,27-70H2,1-2H3,(H,75,78)/b20-18-,26-24-. The number of unbranched alkanes of at least 4 members (excludes halogenated alkanes) is 54. The lowest BCUT2D eigenvalue weighted by Crippen LogP contribution is -2.45. The molecule has 1 amide bonds. The van der Waals surface area contributed by atoms with E-state index in [1.165, 1.54) is 334 Å². The first-order valence-corrected chi connectivity index (χ1v) is 36.6. The molecule has 0 aliphatic carbocycles. The Morgan fingerprint density at radius 3 is 0.950 bits per heavy atom. The van der Waals surface area contributed by atoms with E-state index in [1.807, 2.05) is 0 Å². The maximum absolute atomic E-state index is 12.4. The van der Waals surface area contributed by atoms with E-state index in [9.17, 15) is 19.8 Å². The summed E-state index contributed by atoms with van der Waals surface area (Å²) >= 11 is 0. The molecular formula is C74H143NO5. The van der Waals surface area contributed by atoms with Crippen LogP contribution >= 0.6 is 0 Å². The molecule has 0 fully saturated rings. The summed E-state index contributed by atoms with van der Waals surface area (Å²) in [5.74, 6) is -0.00908. The molecule has 0 radical (unpaired) electrons. The maximum Gasteiger partial charge on any atom is 0.305 e. The van der Waals surface area contributed by atoms with Crippen molar-refractivity contribution in [3.05, 3.63) is 24.3 Å². The van der Waals surface area contributed by atoms with Gasteiger partial charge in [-0.05, 0) is 57.8 Å². The van der Waals surface area contributed by atoms with Crippen molar-refractivity contribution in [1.29, 1.82) is 0 Å². The Hall–Kier alpha value is -1.66. The molecule has 0 saturated heterocycles. The van der Waals surface area contributed by atoms with Crippen LogP contribution in [0.5, 0.6) is 0 Å². The van der Waals surface area contributed by atoms with Crippen LogP contribution in [-0.4, -0.2) is 47.4 Å². The Bertz CT molecular complexity index is 1250. The van der Waals surface area contributed by atoms with Gasteiger partial charge in [0.1, 0.15) is 0 Å². The van der Waals surface area contributed by atoms with Gasteiger partial charge in [-0.1, -0.05) is 366 Å². The lowest BCUT2D eigenvalue weighted by atomic mass is 10.0. The van der Waals surface area contributed by atoms with E-state index in [0.29, 0.717) is 25.9 Å². The minimum Gasteiger partial charge on any atom is -0.466 e. The van der Waals surface area contributed by atoms with Gasteiger partial charge in [-0.3, -0.25) is 9.59 Å². The third kappa shape index (κ3) is 65.5. The van der Waals surface area contributed by atoms with Crippen LogP contribution in [0, 0.1) is 0 Å². The highest BCUT2D eigenvalue weighted by Gasteiger charge is 2.20. The predicted molar refractivity (Wildman–Crippen MR) is 352 cm³/mol. The average molecular weight is 1130 g/mol. The molecule has 0 heterocycles. The van der Waals surface area contributed by atoms with Crippen LogP contribution in [0.3, 0.4) is 0 Å². The number of aliphatic hydroxyl groups excluding tert-OH is 2. The maximum atomic E-state index is 12.4. The summed E-state index contributed by atoms with van der Waals surface area (Å²) in [4.78, 5) is 24.5. The number of ether oxygens (including phenoxy) is 1. The molecule has 0 aliphatic rings. The number of carbonyl (C=O) groups excluding carboxylic acids is 2. The highest BCUT2D eigenvalue weighted by molar-refractivity contribution is 5.76. The fraction of sp³-hybridized carbons (Fsp3) is 0.919. The Morgan fingerprint density at radius 2 is 0.625 bits per heavy atom. The van der Waals surface area contributed by atoms with Crippen molar-refractivity contribution in [3.8, 4) is 0 Å². The molecule has 80 heavy (non-hydrogen) atoms. The van der Waals surface area contributed by atoms with Gasteiger partial charge >= 0.3 is 5.97 Å². The first kappa shape index (κ1) is 78.3. The Balaban J connectivity index is 3.32. The summed E-state index contributed by atoms with van der Waals surface area (Å²) in [6.45, 7) is 4.98. The molecule has 474 valence electrons. The summed E-state index contributed by atoms with van der Waals surface area (Å²) in [5.41, 5.74) is 0. The van der Waals surface area contributed by atoms with Crippen molar-refractivity contribution >= 4 is 11.9 Å². The Morgan fingerprint density at radius 1 is 0.350 bits per heavy atom. The first-order chi connectivity index (χ1) is 39.5. The second kappa shape index (κ2) is 69.8. The zero-order valence-corrected chi connectivity index (χ0v) is 54.3. The quantitative estimate of drug-likeness (QED) is 0.0320. The van der Waals surface area contributed by atoms with Crippen molar-refractivity contribution < 1.29 is 24.5 Å². The van der Waals surface area contributed by atoms with Gasteiger partial charge in [0, 0.05) is 12.8 Å². The SMILES string of the molecule is CCCCCCCCCCCCCCCCCCC(=O)OCCCCCCCCCCCCCCC/C=C\C/C=C\CCCCCCCCCCCCCCCCCCCC(=O)NC(CO)C(O)CCCCCCCCCCCC. The molecule has 0 bridgehead atoms. The van der Waals surface area contributed by atoms with Gasteiger partial charge in [0.15, 0.2) is 0 Å². The van der Waals surface area contributed by atoms with Crippen LogP contribution in [0.25, 0.3) is 0 Å². The lowest BCUT2D eigenvalue weighted by Gasteiger charge is -2.22. The monoisotopic (exact) mass is 1130 g/mol. The molecule has 0 aromatic heterocycles. The largest absolute Gasteiger partial charge is 0.466 e. The summed E-state index contributed by atoms with van der Waals surface area (Å²) in [7, 11) is 0. The topological polar surface area (TPSA) is 95.9 Å². The highest BCUT2D eigenvalue weighted by Crippen LogP contribution is 2.19. The number of allylic oxidation sites excluding steroid dienone is 4. The average Bonchev–Trinajstić information content (AvgIpc) is 3.46. The molecule has 0 rings (SSSR count). The van der Waals surface area contributed by atoms with E-state index in [0.717, 1.165) is 44.9 Å². The van der Waals surface area contributed by atoms with Gasteiger partial charge < -0.3 is 20.3 Å². The van der Waals surface area contributed by atoms with Gasteiger partial charge in [-0.2, -0.15) is 0 Å². The fourth-order valence-corrected chi connectivity index (χ4v) is 11.7. The van der Waals surface area contributed by atoms with Crippen LogP contribution in [0.15, 0.2) is 24.3 Å². The van der Waals surface area contributed by atoms with Crippen molar-refractivity contribution in [2.24, 2.45) is 0 Å². The third-order valence-corrected chi connectivity index (χ3v) is 17.3. The van der Waals surface area contributed by atoms with E-state index in [4.69, 9.17) is 4.74 Å². The summed E-state index contributed by atoms with van der Waals surface area (Å²) < 4.78 is 5.51. The van der Waals surface area contributed by atoms with Gasteiger partial charge in [0.2, 0.25) is 5.91 Å². The van der Waals surface area contributed by atoms with E-state index in [-0.39, 0.29) is 18.5 Å². The van der Waals surface area contributed by atoms with Crippen LogP contribution in [-0.2, 0) is 14.3 Å². The minimum atomic E-state index is -0.660. The van der Waals surface area contributed by atoms with E-state index >= 15 is 0 Å². The lowest BCUT2D eigenvalue weighted by molar-refractivity contribution is -0.143. The normalized spacial score (nSPS) is 12.6. The van der Waals surface area contributed by atoms with E-state index in [1.54, 1.807) is 0 Å². The number of carbonyl (C=O) groups is 2. The number of nitrogens with one attached hydrogen (secondary N) is 1. The summed E-state index contributed by atoms with van der Waals surface area (Å²) in [6, 6.07) is -0.537. The molecular weight excluding hydrogens is 983 g/mol.